The fourth-order valence-electron chi connectivity index (χ4n) is 2.59. The summed E-state index contributed by atoms with van der Waals surface area (Å²) in [5.74, 6) is 0.343. The van der Waals surface area contributed by atoms with E-state index in [1.54, 1.807) is 0 Å². The predicted octanol–water partition coefficient (Wildman–Crippen LogP) is 2.02. The molecule has 1 aliphatic heterocycles. The van der Waals surface area contributed by atoms with Crippen molar-refractivity contribution in [3.05, 3.63) is 0 Å². The molecule has 1 saturated heterocycles. The molecule has 1 rings (SSSR count). The van der Waals surface area contributed by atoms with Crippen molar-refractivity contribution in [2.24, 2.45) is 16.3 Å². The SMILES string of the molecule is CCC(CC(N)=NO)N1CCCC(C)(C)C1. The molecule has 4 heteroatoms. The first-order chi connectivity index (χ1) is 7.48. The molecule has 0 aromatic carbocycles. The highest BCUT2D eigenvalue weighted by molar-refractivity contribution is 5.80. The van der Waals surface area contributed by atoms with Crippen LogP contribution in [0.1, 0.15) is 46.5 Å². The lowest BCUT2D eigenvalue weighted by Gasteiger charge is -2.42. The van der Waals surface area contributed by atoms with Crippen molar-refractivity contribution < 1.29 is 5.21 Å². The van der Waals surface area contributed by atoms with Crippen molar-refractivity contribution in [1.29, 1.82) is 0 Å². The maximum absolute atomic E-state index is 8.62. The molecular weight excluding hydrogens is 202 g/mol. The van der Waals surface area contributed by atoms with E-state index in [4.69, 9.17) is 10.9 Å². The highest BCUT2D eigenvalue weighted by Crippen LogP contribution is 2.30. The van der Waals surface area contributed by atoms with Crippen LogP contribution in [0.3, 0.4) is 0 Å². The highest BCUT2D eigenvalue weighted by Gasteiger charge is 2.30. The van der Waals surface area contributed by atoms with Crippen molar-refractivity contribution in [2.45, 2.75) is 52.5 Å². The van der Waals surface area contributed by atoms with Gasteiger partial charge in [0, 0.05) is 19.0 Å². The third-order valence-electron chi connectivity index (χ3n) is 3.49. The van der Waals surface area contributed by atoms with Gasteiger partial charge in [0.15, 0.2) is 0 Å². The zero-order valence-corrected chi connectivity index (χ0v) is 10.7. The number of nitrogens with zero attached hydrogens (tertiary/aromatic N) is 2. The quantitative estimate of drug-likeness (QED) is 0.334. The second-order valence-corrected chi connectivity index (χ2v) is 5.60. The minimum Gasteiger partial charge on any atom is -0.409 e. The van der Waals surface area contributed by atoms with Gasteiger partial charge in [0.05, 0.1) is 0 Å². The van der Waals surface area contributed by atoms with Gasteiger partial charge in [0.2, 0.25) is 0 Å². The molecule has 0 saturated carbocycles. The average molecular weight is 227 g/mol. The van der Waals surface area contributed by atoms with Gasteiger partial charge in [0.1, 0.15) is 5.84 Å². The first-order valence-electron chi connectivity index (χ1n) is 6.19. The number of nitrogens with two attached hydrogens (primary N) is 1. The molecule has 4 nitrogen and oxygen atoms in total. The molecule has 1 atom stereocenters. The number of piperidine rings is 1. The van der Waals surface area contributed by atoms with Gasteiger partial charge < -0.3 is 10.9 Å². The summed E-state index contributed by atoms with van der Waals surface area (Å²) in [6, 6.07) is 0.412. The maximum atomic E-state index is 8.62. The van der Waals surface area contributed by atoms with E-state index >= 15 is 0 Å². The number of amidine groups is 1. The molecule has 94 valence electrons. The van der Waals surface area contributed by atoms with Crippen LogP contribution in [-0.4, -0.2) is 35.1 Å². The zero-order chi connectivity index (χ0) is 12.2. The van der Waals surface area contributed by atoms with E-state index in [1.165, 1.54) is 12.8 Å². The van der Waals surface area contributed by atoms with Crippen molar-refractivity contribution in [3.8, 4) is 0 Å². The summed E-state index contributed by atoms with van der Waals surface area (Å²) in [5, 5.41) is 11.7. The van der Waals surface area contributed by atoms with E-state index in [-0.39, 0.29) is 0 Å². The third-order valence-corrected chi connectivity index (χ3v) is 3.49. The smallest absolute Gasteiger partial charge is 0.140 e. The van der Waals surface area contributed by atoms with Crippen LogP contribution in [0.4, 0.5) is 0 Å². The van der Waals surface area contributed by atoms with Gasteiger partial charge in [-0.1, -0.05) is 25.9 Å². The molecule has 0 spiro atoms. The molecule has 0 amide bonds. The van der Waals surface area contributed by atoms with Crippen LogP contribution in [0.2, 0.25) is 0 Å². The van der Waals surface area contributed by atoms with Crippen LogP contribution in [0.15, 0.2) is 5.16 Å². The molecule has 1 aliphatic rings. The fraction of sp³-hybridized carbons (Fsp3) is 0.917. The molecule has 3 N–H and O–H groups in total. The topological polar surface area (TPSA) is 61.9 Å². The molecule has 1 fully saturated rings. The summed E-state index contributed by atoms with van der Waals surface area (Å²) in [4.78, 5) is 2.49. The van der Waals surface area contributed by atoms with Crippen molar-refractivity contribution in [3.63, 3.8) is 0 Å². The largest absolute Gasteiger partial charge is 0.409 e. The second kappa shape index (κ2) is 5.53. The van der Waals surface area contributed by atoms with Gasteiger partial charge in [-0.25, -0.2) is 0 Å². The van der Waals surface area contributed by atoms with Crippen molar-refractivity contribution >= 4 is 5.84 Å². The molecule has 0 aliphatic carbocycles. The van der Waals surface area contributed by atoms with Crippen LogP contribution in [0, 0.1) is 5.41 Å². The summed E-state index contributed by atoms with van der Waals surface area (Å²) in [7, 11) is 0. The fourth-order valence-corrected chi connectivity index (χ4v) is 2.59. The van der Waals surface area contributed by atoms with Crippen LogP contribution < -0.4 is 5.73 Å². The molecule has 0 radical (unpaired) electrons. The molecular formula is C12H25N3O. The lowest BCUT2D eigenvalue weighted by molar-refractivity contribution is 0.0783. The van der Waals surface area contributed by atoms with Crippen LogP contribution >= 0.6 is 0 Å². The Morgan fingerprint density at radius 1 is 1.56 bits per heavy atom. The van der Waals surface area contributed by atoms with Crippen LogP contribution in [0.25, 0.3) is 0 Å². The van der Waals surface area contributed by atoms with Gasteiger partial charge in [0.25, 0.3) is 0 Å². The Labute approximate surface area is 98.5 Å². The first-order valence-corrected chi connectivity index (χ1v) is 6.19. The lowest BCUT2D eigenvalue weighted by Crippen LogP contribution is -2.47. The molecule has 0 bridgehead atoms. The minimum atomic E-state index is 0.343. The highest BCUT2D eigenvalue weighted by atomic mass is 16.4. The van der Waals surface area contributed by atoms with E-state index < -0.39 is 0 Å². The second-order valence-electron chi connectivity index (χ2n) is 5.60. The zero-order valence-electron chi connectivity index (χ0n) is 10.7. The van der Waals surface area contributed by atoms with Gasteiger partial charge in [-0.15, -0.1) is 0 Å². The molecule has 1 heterocycles. The van der Waals surface area contributed by atoms with E-state index in [0.29, 0.717) is 23.7 Å². The normalized spacial score (nSPS) is 24.3. The summed E-state index contributed by atoms with van der Waals surface area (Å²) >= 11 is 0. The lowest BCUT2D eigenvalue weighted by atomic mass is 9.83. The van der Waals surface area contributed by atoms with Crippen molar-refractivity contribution in [1.82, 2.24) is 4.90 Å². The Balaban J connectivity index is 2.58. The Morgan fingerprint density at radius 3 is 2.75 bits per heavy atom. The average Bonchev–Trinajstić information content (AvgIpc) is 2.24. The van der Waals surface area contributed by atoms with E-state index in [1.807, 2.05) is 0 Å². The minimum absolute atomic E-state index is 0.343. The molecule has 16 heavy (non-hydrogen) atoms. The van der Waals surface area contributed by atoms with Gasteiger partial charge in [-0.05, 0) is 31.2 Å². The molecule has 1 unspecified atom stereocenters. The number of likely N-dealkylation sites (tertiary alicyclic amines) is 1. The number of hydrogen-bond donors (Lipinski definition) is 2. The van der Waals surface area contributed by atoms with Crippen molar-refractivity contribution in [2.75, 3.05) is 13.1 Å². The third kappa shape index (κ3) is 3.67. The monoisotopic (exact) mass is 227 g/mol. The van der Waals surface area contributed by atoms with Gasteiger partial charge >= 0.3 is 0 Å². The standard InChI is InChI=1S/C12H25N3O/c1-4-10(8-11(13)14-16)15-7-5-6-12(2,3)9-15/h10,16H,4-9H2,1-3H3,(H2,13,14). The Hall–Kier alpha value is -0.770. The summed E-state index contributed by atoms with van der Waals surface area (Å²) in [5.41, 5.74) is 6.00. The number of hydrogen-bond acceptors (Lipinski definition) is 3. The van der Waals surface area contributed by atoms with Gasteiger partial charge in [-0.3, -0.25) is 4.90 Å². The molecule has 0 aromatic heterocycles. The predicted molar refractivity (Wildman–Crippen MR) is 66.7 cm³/mol. The van der Waals surface area contributed by atoms with Gasteiger partial charge in [-0.2, -0.15) is 0 Å². The Morgan fingerprint density at radius 2 is 2.25 bits per heavy atom. The summed E-state index contributed by atoms with van der Waals surface area (Å²) < 4.78 is 0. The Bertz CT molecular complexity index is 251. The number of oxime groups is 1. The van der Waals surface area contributed by atoms with Crippen LogP contribution in [-0.2, 0) is 0 Å². The maximum Gasteiger partial charge on any atom is 0.140 e. The summed E-state index contributed by atoms with van der Waals surface area (Å²) in [6.07, 6.45) is 4.26. The number of rotatable bonds is 4. The van der Waals surface area contributed by atoms with E-state index in [0.717, 1.165) is 19.5 Å². The Kier molecular flexibility index (Phi) is 4.59. The van der Waals surface area contributed by atoms with E-state index in [2.05, 4.69) is 30.8 Å². The van der Waals surface area contributed by atoms with E-state index in [9.17, 15) is 0 Å². The molecule has 0 aromatic rings. The van der Waals surface area contributed by atoms with Crippen LogP contribution in [0.5, 0.6) is 0 Å². The first kappa shape index (κ1) is 13.3. The summed E-state index contributed by atoms with van der Waals surface area (Å²) in [6.45, 7) is 9.05.